The highest BCUT2D eigenvalue weighted by Crippen LogP contribution is 2.28. The lowest BCUT2D eigenvalue weighted by atomic mass is 9.78. The molecule has 2 fully saturated rings. The van der Waals surface area contributed by atoms with E-state index >= 15 is 0 Å². The van der Waals surface area contributed by atoms with E-state index in [1.54, 1.807) is 0 Å². The Bertz CT molecular complexity index is 498. The van der Waals surface area contributed by atoms with Gasteiger partial charge in [0, 0.05) is 11.6 Å². The first-order valence-corrected chi connectivity index (χ1v) is 8.44. The maximum Gasteiger partial charge on any atom is 0.279 e. The maximum atomic E-state index is 12.4. The monoisotopic (exact) mass is 287 g/mol. The molecule has 0 aromatic heterocycles. The summed E-state index contributed by atoms with van der Waals surface area (Å²) in [5, 5.41) is 3.09. The van der Waals surface area contributed by atoms with Gasteiger partial charge in [0.05, 0.1) is 12.6 Å². The van der Waals surface area contributed by atoms with Gasteiger partial charge < -0.3 is 10.2 Å². The van der Waals surface area contributed by atoms with Crippen LogP contribution in [0, 0.1) is 12.8 Å². The minimum Gasteiger partial charge on any atom is -0.324 e. The number of hydrogen-bond acceptors (Lipinski definition) is 1. The molecule has 1 heterocycles. The molecule has 1 aromatic carbocycles. The Balaban J connectivity index is 1.60. The van der Waals surface area contributed by atoms with Crippen molar-refractivity contribution in [3.8, 4) is 0 Å². The number of benzene rings is 1. The molecule has 3 nitrogen and oxygen atoms in total. The zero-order chi connectivity index (χ0) is 14.7. The third-order valence-electron chi connectivity index (χ3n) is 5.31. The van der Waals surface area contributed by atoms with Crippen LogP contribution in [0.4, 0.5) is 5.69 Å². The minimum absolute atomic E-state index is 0.172. The first-order chi connectivity index (χ1) is 10.2. The Hall–Kier alpha value is -1.35. The van der Waals surface area contributed by atoms with Gasteiger partial charge in [-0.2, -0.15) is 0 Å². The normalized spacial score (nSPS) is 28.7. The van der Waals surface area contributed by atoms with Gasteiger partial charge in [-0.3, -0.25) is 4.79 Å². The molecule has 0 radical (unpaired) electrons. The summed E-state index contributed by atoms with van der Waals surface area (Å²) in [6.45, 7) is 3.85. The second kappa shape index (κ2) is 6.61. The van der Waals surface area contributed by atoms with Gasteiger partial charge in [-0.15, -0.1) is 0 Å². The summed E-state index contributed by atoms with van der Waals surface area (Å²) in [7, 11) is 0. The molecule has 2 aliphatic rings. The van der Waals surface area contributed by atoms with Gasteiger partial charge in [0.25, 0.3) is 5.91 Å². The van der Waals surface area contributed by atoms with Crippen molar-refractivity contribution in [1.29, 1.82) is 0 Å². The SMILES string of the molecule is Cc1ccccc1NC(=O)C[NH+]1CCC[C@@H]2CCCC[C@@H]21. The Morgan fingerprint density at radius 2 is 1.95 bits per heavy atom. The van der Waals surface area contributed by atoms with E-state index in [0.717, 1.165) is 23.2 Å². The molecule has 1 amide bonds. The van der Waals surface area contributed by atoms with Gasteiger partial charge in [0.2, 0.25) is 0 Å². The van der Waals surface area contributed by atoms with Crippen molar-refractivity contribution in [2.45, 2.75) is 51.5 Å². The summed E-state index contributed by atoms with van der Waals surface area (Å²) in [5.41, 5.74) is 2.09. The number of anilines is 1. The second-order valence-corrected chi connectivity index (χ2v) is 6.74. The summed E-state index contributed by atoms with van der Waals surface area (Å²) in [5.74, 6) is 1.04. The van der Waals surface area contributed by atoms with Crippen molar-refractivity contribution in [3.63, 3.8) is 0 Å². The Morgan fingerprint density at radius 3 is 2.81 bits per heavy atom. The second-order valence-electron chi connectivity index (χ2n) is 6.74. The Morgan fingerprint density at radius 1 is 1.19 bits per heavy atom. The summed E-state index contributed by atoms with van der Waals surface area (Å²) >= 11 is 0. The average molecular weight is 287 g/mol. The molecular formula is C18H27N2O+. The van der Waals surface area contributed by atoms with Gasteiger partial charge in [-0.1, -0.05) is 24.6 Å². The molecule has 1 saturated carbocycles. The molecule has 2 N–H and O–H groups in total. The first-order valence-electron chi connectivity index (χ1n) is 8.44. The quantitative estimate of drug-likeness (QED) is 0.878. The highest BCUT2D eigenvalue weighted by Gasteiger charge is 2.37. The lowest BCUT2D eigenvalue weighted by molar-refractivity contribution is -0.928. The van der Waals surface area contributed by atoms with E-state index in [4.69, 9.17) is 0 Å². The smallest absolute Gasteiger partial charge is 0.279 e. The number of hydrogen-bond donors (Lipinski definition) is 2. The fourth-order valence-electron chi connectivity index (χ4n) is 4.20. The molecule has 1 aliphatic carbocycles. The third-order valence-corrected chi connectivity index (χ3v) is 5.31. The number of para-hydroxylation sites is 1. The molecule has 3 rings (SSSR count). The zero-order valence-electron chi connectivity index (χ0n) is 13.0. The van der Waals surface area contributed by atoms with Crippen molar-refractivity contribution in [3.05, 3.63) is 29.8 Å². The minimum atomic E-state index is 0.172. The standard InChI is InChI=1S/C18H26N2O/c1-14-7-2-4-10-16(14)19-18(21)13-20-12-6-9-15-8-3-5-11-17(15)20/h2,4,7,10,15,17H,3,5-6,8-9,11-13H2,1H3,(H,19,21)/p+1/t15-,17-/m0/s1. The molecular weight excluding hydrogens is 260 g/mol. The molecule has 3 atom stereocenters. The maximum absolute atomic E-state index is 12.4. The van der Waals surface area contributed by atoms with Crippen LogP contribution in [0.25, 0.3) is 0 Å². The first kappa shape index (κ1) is 14.6. The molecule has 0 spiro atoms. The van der Waals surface area contributed by atoms with E-state index in [2.05, 4.69) is 5.32 Å². The number of rotatable bonds is 3. The number of carbonyl (C=O) groups excluding carboxylic acids is 1. The third kappa shape index (κ3) is 3.46. The van der Waals surface area contributed by atoms with Crippen LogP contribution in [0.15, 0.2) is 24.3 Å². The Kier molecular flexibility index (Phi) is 4.59. The molecule has 21 heavy (non-hydrogen) atoms. The predicted octanol–water partition coefficient (Wildman–Crippen LogP) is 2.17. The van der Waals surface area contributed by atoms with Crippen LogP contribution in [0.1, 0.15) is 44.1 Å². The largest absolute Gasteiger partial charge is 0.324 e. The summed E-state index contributed by atoms with van der Waals surface area (Å²) < 4.78 is 0. The predicted molar refractivity (Wildman–Crippen MR) is 85.5 cm³/mol. The van der Waals surface area contributed by atoms with E-state index in [-0.39, 0.29) is 5.91 Å². The van der Waals surface area contributed by atoms with Crippen molar-refractivity contribution in [2.24, 2.45) is 5.92 Å². The topological polar surface area (TPSA) is 33.5 Å². The molecule has 114 valence electrons. The summed E-state index contributed by atoms with van der Waals surface area (Å²) in [4.78, 5) is 13.9. The number of piperidine rings is 1. The molecule has 1 aliphatic heterocycles. The van der Waals surface area contributed by atoms with Gasteiger partial charge in [-0.05, 0) is 50.7 Å². The number of fused-ring (bicyclic) bond motifs is 1. The van der Waals surface area contributed by atoms with Gasteiger partial charge >= 0.3 is 0 Å². The number of amides is 1. The fourth-order valence-corrected chi connectivity index (χ4v) is 4.20. The van der Waals surface area contributed by atoms with Crippen molar-refractivity contribution >= 4 is 11.6 Å². The number of likely N-dealkylation sites (tertiary alicyclic amines) is 1. The van der Waals surface area contributed by atoms with Gasteiger partial charge in [-0.25, -0.2) is 0 Å². The molecule has 1 unspecified atom stereocenters. The highest BCUT2D eigenvalue weighted by atomic mass is 16.2. The van der Waals surface area contributed by atoms with Crippen LogP contribution in [-0.2, 0) is 4.79 Å². The van der Waals surface area contributed by atoms with Crippen LogP contribution in [0.3, 0.4) is 0 Å². The van der Waals surface area contributed by atoms with Crippen LogP contribution < -0.4 is 10.2 Å². The van der Waals surface area contributed by atoms with E-state index in [9.17, 15) is 4.79 Å². The number of carbonyl (C=O) groups is 1. The fraction of sp³-hybridized carbons (Fsp3) is 0.611. The van der Waals surface area contributed by atoms with Crippen molar-refractivity contribution < 1.29 is 9.69 Å². The summed E-state index contributed by atoms with van der Waals surface area (Å²) in [6.07, 6.45) is 8.11. The van der Waals surface area contributed by atoms with E-state index in [1.165, 1.54) is 50.0 Å². The Labute approximate surface area is 127 Å². The number of nitrogens with one attached hydrogen (secondary N) is 2. The molecule has 1 saturated heterocycles. The van der Waals surface area contributed by atoms with Crippen molar-refractivity contribution in [2.75, 3.05) is 18.4 Å². The lowest BCUT2D eigenvalue weighted by Gasteiger charge is -2.40. The molecule has 0 bridgehead atoms. The highest BCUT2D eigenvalue weighted by molar-refractivity contribution is 5.92. The molecule has 3 heteroatoms. The lowest BCUT2D eigenvalue weighted by Crippen LogP contribution is -3.18. The van der Waals surface area contributed by atoms with E-state index < -0.39 is 0 Å². The van der Waals surface area contributed by atoms with Crippen LogP contribution in [0.5, 0.6) is 0 Å². The van der Waals surface area contributed by atoms with Gasteiger partial charge in [0.1, 0.15) is 0 Å². The van der Waals surface area contributed by atoms with Crippen LogP contribution >= 0.6 is 0 Å². The average Bonchev–Trinajstić information content (AvgIpc) is 2.50. The van der Waals surface area contributed by atoms with Crippen LogP contribution in [-0.4, -0.2) is 25.0 Å². The van der Waals surface area contributed by atoms with Crippen molar-refractivity contribution in [1.82, 2.24) is 0 Å². The number of aryl methyl sites for hydroxylation is 1. The number of quaternary nitrogens is 1. The summed E-state index contributed by atoms with van der Waals surface area (Å²) in [6, 6.07) is 8.75. The van der Waals surface area contributed by atoms with E-state index in [0.29, 0.717) is 6.54 Å². The zero-order valence-corrected chi connectivity index (χ0v) is 13.0. The van der Waals surface area contributed by atoms with E-state index in [1.807, 2.05) is 31.2 Å². The van der Waals surface area contributed by atoms with Crippen LogP contribution in [0.2, 0.25) is 0 Å². The molecule has 1 aromatic rings. The van der Waals surface area contributed by atoms with Gasteiger partial charge in [0.15, 0.2) is 6.54 Å².